The van der Waals surface area contributed by atoms with Gasteiger partial charge in [0.1, 0.15) is 0 Å². The Bertz CT molecular complexity index is 270. The van der Waals surface area contributed by atoms with E-state index in [9.17, 15) is 0 Å². The molecule has 12 heavy (non-hydrogen) atoms. The summed E-state index contributed by atoms with van der Waals surface area (Å²) in [5, 5.41) is 0. The lowest BCUT2D eigenvalue weighted by Crippen LogP contribution is -1.98. The first kappa shape index (κ1) is 8.71. The molecule has 0 aliphatic rings. The van der Waals surface area contributed by atoms with E-state index >= 15 is 0 Å². The van der Waals surface area contributed by atoms with E-state index < -0.39 is 0 Å². The van der Waals surface area contributed by atoms with E-state index in [4.69, 9.17) is 0 Å². The maximum absolute atomic E-state index is 3.96. The van der Waals surface area contributed by atoms with Gasteiger partial charge in [0, 0.05) is 32.2 Å². The Hall–Kier alpha value is -1.38. The molecule has 0 radical (unpaired) electrons. The maximum Gasteiger partial charge on any atom is 0.0949 e. The zero-order valence-electron chi connectivity index (χ0n) is 7.44. The van der Waals surface area contributed by atoms with E-state index in [1.165, 1.54) is 5.57 Å². The summed E-state index contributed by atoms with van der Waals surface area (Å²) in [6, 6.07) is 0. The van der Waals surface area contributed by atoms with E-state index in [0.717, 1.165) is 6.54 Å². The fourth-order valence-corrected chi connectivity index (χ4v) is 0.964. The molecule has 1 aromatic heterocycles. The number of aliphatic imine (C=N–C) groups is 1. The largest absolute Gasteiger partial charge is 0.333 e. The second kappa shape index (κ2) is 4.49. The Morgan fingerprint density at radius 1 is 1.67 bits per heavy atom. The van der Waals surface area contributed by atoms with Crippen LogP contribution in [-0.4, -0.2) is 22.8 Å². The predicted octanol–water partition coefficient (Wildman–Crippen LogP) is 1.53. The molecule has 0 aromatic carbocycles. The SMILES string of the molecule is C/C=C(\C=NC)Cn1ccnc1. The Labute approximate surface area is 72.5 Å². The summed E-state index contributed by atoms with van der Waals surface area (Å²) < 4.78 is 2.01. The van der Waals surface area contributed by atoms with E-state index in [1.54, 1.807) is 19.6 Å². The van der Waals surface area contributed by atoms with E-state index in [0.29, 0.717) is 0 Å². The minimum Gasteiger partial charge on any atom is -0.333 e. The highest BCUT2D eigenvalue weighted by molar-refractivity contribution is 5.78. The van der Waals surface area contributed by atoms with Gasteiger partial charge < -0.3 is 4.57 Å². The first-order valence-corrected chi connectivity index (χ1v) is 3.90. The highest BCUT2D eigenvalue weighted by Gasteiger charge is 1.92. The predicted molar refractivity (Wildman–Crippen MR) is 50.4 cm³/mol. The summed E-state index contributed by atoms with van der Waals surface area (Å²) >= 11 is 0. The van der Waals surface area contributed by atoms with Gasteiger partial charge in [0.05, 0.1) is 6.33 Å². The van der Waals surface area contributed by atoms with Gasteiger partial charge in [-0.05, 0) is 12.5 Å². The first-order valence-electron chi connectivity index (χ1n) is 3.90. The molecule has 0 aliphatic carbocycles. The number of aromatic nitrogens is 2. The lowest BCUT2D eigenvalue weighted by molar-refractivity contribution is 0.804. The van der Waals surface area contributed by atoms with Crippen LogP contribution < -0.4 is 0 Å². The van der Waals surface area contributed by atoms with Gasteiger partial charge in [-0.3, -0.25) is 4.99 Å². The zero-order chi connectivity index (χ0) is 8.81. The fourth-order valence-electron chi connectivity index (χ4n) is 0.964. The van der Waals surface area contributed by atoms with Crippen molar-refractivity contribution < 1.29 is 0 Å². The van der Waals surface area contributed by atoms with Crippen LogP contribution >= 0.6 is 0 Å². The molecule has 64 valence electrons. The molecule has 1 heterocycles. The molecule has 0 saturated carbocycles. The van der Waals surface area contributed by atoms with E-state index in [-0.39, 0.29) is 0 Å². The Kier molecular flexibility index (Phi) is 3.26. The van der Waals surface area contributed by atoms with Crippen molar-refractivity contribution in [1.82, 2.24) is 9.55 Å². The molecular weight excluding hydrogens is 150 g/mol. The number of allylic oxidation sites excluding steroid dienone is 2. The standard InChI is InChI=1S/C9H13N3/c1-3-9(6-10-2)7-12-5-4-11-8-12/h3-6,8H,7H2,1-2H3/b9-3+,10-6?. The van der Waals surface area contributed by atoms with Gasteiger partial charge in [-0.25, -0.2) is 4.98 Å². The Morgan fingerprint density at radius 2 is 2.50 bits per heavy atom. The van der Waals surface area contributed by atoms with Crippen molar-refractivity contribution in [3.8, 4) is 0 Å². The number of rotatable bonds is 3. The van der Waals surface area contributed by atoms with Gasteiger partial charge in [-0.1, -0.05) is 6.08 Å². The van der Waals surface area contributed by atoms with Gasteiger partial charge in [0.2, 0.25) is 0 Å². The Balaban J connectivity index is 2.61. The van der Waals surface area contributed by atoms with Gasteiger partial charge in [-0.2, -0.15) is 0 Å². The van der Waals surface area contributed by atoms with Gasteiger partial charge >= 0.3 is 0 Å². The normalized spacial score (nSPS) is 12.7. The van der Waals surface area contributed by atoms with Crippen molar-refractivity contribution in [2.75, 3.05) is 7.05 Å². The van der Waals surface area contributed by atoms with Crippen molar-refractivity contribution in [2.45, 2.75) is 13.5 Å². The highest BCUT2D eigenvalue weighted by atomic mass is 15.0. The molecule has 0 N–H and O–H groups in total. The summed E-state index contributed by atoms with van der Waals surface area (Å²) in [4.78, 5) is 7.92. The quantitative estimate of drug-likeness (QED) is 0.621. The van der Waals surface area contributed by atoms with Gasteiger partial charge in [-0.15, -0.1) is 0 Å². The van der Waals surface area contributed by atoms with Crippen molar-refractivity contribution in [3.63, 3.8) is 0 Å². The van der Waals surface area contributed by atoms with Crippen LogP contribution in [0.1, 0.15) is 6.92 Å². The molecular formula is C9H13N3. The van der Waals surface area contributed by atoms with Crippen LogP contribution in [0.25, 0.3) is 0 Å². The molecule has 0 spiro atoms. The third-order valence-corrected chi connectivity index (χ3v) is 1.59. The van der Waals surface area contributed by atoms with Crippen LogP contribution in [0.2, 0.25) is 0 Å². The second-order valence-corrected chi connectivity index (χ2v) is 2.49. The number of nitrogens with zero attached hydrogens (tertiary/aromatic N) is 3. The summed E-state index contributed by atoms with van der Waals surface area (Å²) in [6.07, 6.45) is 9.42. The van der Waals surface area contributed by atoms with Gasteiger partial charge in [0.25, 0.3) is 0 Å². The third kappa shape index (κ3) is 2.34. The molecule has 1 rings (SSSR count). The molecule has 0 fully saturated rings. The lowest BCUT2D eigenvalue weighted by Gasteiger charge is -2.00. The smallest absolute Gasteiger partial charge is 0.0949 e. The molecule has 3 nitrogen and oxygen atoms in total. The minimum absolute atomic E-state index is 0.841. The van der Waals surface area contributed by atoms with Crippen LogP contribution in [0.15, 0.2) is 35.4 Å². The number of hydrogen-bond donors (Lipinski definition) is 0. The molecule has 0 saturated heterocycles. The van der Waals surface area contributed by atoms with Crippen LogP contribution in [0.3, 0.4) is 0 Å². The molecule has 0 atom stereocenters. The van der Waals surface area contributed by atoms with Crippen LogP contribution in [0, 0.1) is 0 Å². The lowest BCUT2D eigenvalue weighted by atomic mass is 10.3. The van der Waals surface area contributed by atoms with Crippen molar-refractivity contribution >= 4 is 6.21 Å². The van der Waals surface area contributed by atoms with E-state index in [1.807, 2.05) is 30.0 Å². The minimum atomic E-state index is 0.841. The fraction of sp³-hybridized carbons (Fsp3) is 0.333. The van der Waals surface area contributed by atoms with Gasteiger partial charge in [0.15, 0.2) is 0 Å². The second-order valence-electron chi connectivity index (χ2n) is 2.49. The monoisotopic (exact) mass is 163 g/mol. The van der Waals surface area contributed by atoms with Crippen LogP contribution in [0.5, 0.6) is 0 Å². The summed E-state index contributed by atoms with van der Waals surface area (Å²) in [5.74, 6) is 0. The molecule has 0 unspecified atom stereocenters. The zero-order valence-corrected chi connectivity index (χ0v) is 7.44. The maximum atomic E-state index is 3.96. The average Bonchev–Trinajstić information content (AvgIpc) is 2.56. The molecule has 0 amide bonds. The molecule has 3 heteroatoms. The van der Waals surface area contributed by atoms with Crippen LogP contribution in [0.4, 0.5) is 0 Å². The molecule has 1 aromatic rings. The molecule has 0 aliphatic heterocycles. The topological polar surface area (TPSA) is 30.2 Å². The average molecular weight is 163 g/mol. The summed E-state index contributed by atoms with van der Waals surface area (Å²) in [6.45, 7) is 2.85. The van der Waals surface area contributed by atoms with Crippen molar-refractivity contribution in [2.24, 2.45) is 4.99 Å². The third-order valence-electron chi connectivity index (χ3n) is 1.59. The first-order chi connectivity index (χ1) is 5.86. The highest BCUT2D eigenvalue weighted by Crippen LogP contribution is 1.96. The summed E-state index contributed by atoms with van der Waals surface area (Å²) in [5.41, 5.74) is 1.19. The van der Waals surface area contributed by atoms with Crippen LogP contribution in [-0.2, 0) is 6.54 Å². The van der Waals surface area contributed by atoms with Crippen molar-refractivity contribution in [3.05, 3.63) is 30.4 Å². The number of hydrogen-bond acceptors (Lipinski definition) is 2. The summed E-state index contributed by atoms with van der Waals surface area (Å²) in [7, 11) is 1.78. The van der Waals surface area contributed by atoms with Crippen molar-refractivity contribution in [1.29, 1.82) is 0 Å². The number of imidazole rings is 1. The van der Waals surface area contributed by atoms with E-state index in [2.05, 4.69) is 9.98 Å². The Morgan fingerprint density at radius 3 is 3.00 bits per heavy atom. The molecule has 0 bridgehead atoms.